The molecule has 0 aromatic heterocycles. The second kappa shape index (κ2) is 7.18. The predicted octanol–water partition coefficient (Wildman–Crippen LogP) is 3.28. The molecule has 0 saturated heterocycles. The zero-order valence-electron chi connectivity index (χ0n) is 11.3. The van der Waals surface area contributed by atoms with Crippen molar-refractivity contribution < 1.29 is 18.0 Å². The van der Waals surface area contributed by atoms with Crippen molar-refractivity contribution in [3.05, 3.63) is 65.5 Å². The van der Waals surface area contributed by atoms with Gasteiger partial charge in [-0.15, -0.1) is 0 Å². The van der Waals surface area contributed by atoms with Gasteiger partial charge in [0.1, 0.15) is 23.1 Å². The molecule has 2 aromatic carbocycles. The van der Waals surface area contributed by atoms with E-state index in [0.717, 1.165) is 12.1 Å². The van der Waals surface area contributed by atoms with E-state index in [1.807, 2.05) is 5.32 Å². The Morgan fingerprint density at radius 3 is 2.27 bits per heavy atom. The molecule has 0 heterocycles. The van der Waals surface area contributed by atoms with Crippen LogP contribution < -0.4 is 10.6 Å². The number of hydrogen-bond donors (Lipinski definition) is 2. The molecule has 2 rings (SSSR count). The summed E-state index contributed by atoms with van der Waals surface area (Å²) in [5.41, 5.74) is -0.341. The topological polar surface area (TPSA) is 41.1 Å². The Labute approximate surface area is 125 Å². The average molecular weight is 304 g/mol. The van der Waals surface area contributed by atoms with Crippen molar-refractivity contribution in [2.75, 3.05) is 11.9 Å². The van der Waals surface area contributed by atoms with Crippen LogP contribution in [0.3, 0.4) is 0 Å². The van der Waals surface area contributed by atoms with Crippen LogP contribution in [0.5, 0.6) is 0 Å². The standard InChI is InChI=1S/C16H11F3N2O/c17-12-7-2-1-5-11(12)6-4-10-20-16(22)21-15-13(18)8-3-9-14(15)19/h1-3,5,7-9H,10H2,(H2,20,21,22). The number of benzene rings is 2. The molecule has 2 aromatic rings. The molecule has 2 amide bonds. The third-order valence-electron chi connectivity index (χ3n) is 2.64. The molecule has 0 spiro atoms. The summed E-state index contributed by atoms with van der Waals surface area (Å²) in [4.78, 5) is 11.5. The van der Waals surface area contributed by atoms with Crippen molar-refractivity contribution in [3.63, 3.8) is 0 Å². The number of halogens is 3. The molecule has 22 heavy (non-hydrogen) atoms. The van der Waals surface area contributed by atoms with Gasteiger partial charge in [-0.25, -0.2) is 18.0 Å². The third-order valence-corrected chi connectivity index (χ3v) is 2.64. The SMILES string of the molecule is O=C(NCC#Cc1ccccc1F)Nc1c(F)cccc1F. The summed E-state index contributed by atoms with van der Waals surface area (Å²) in [6, 6.07) is 8.36. The number of para-hydroxylation sites is 1. The number of amides is 2. The summed E-state index contributed by atoms with van der Waals surface area (Å²) >= 11 is 0. The lowest BCUT2D eigenvalue weighted by molar-refractivity contribution is 0.253. The van der Waals surface area contributed by atoms with Crippen LogP contribution in [-0.2, 0) is 0 Å². The van der Waals surface area contributed by atoms with Gasteiger partial charge in [0.25, 0.3) is 0 Å². The lowest BCUT2D eigenvalue weighted by Gasteiger charge is -2.07. The zero-order valence-corrected chi connectivity index (χ0v) is 11.3. The smallest absolute Gasteiger partial charge is 0.320 e. The van der Waals surface area contributed by atoms with Crippen molar-refractivity contribution in [1.29, 1.82) is 0 Å². The van der Waals surface area contributed by atoms with Gasteiger partial charge in [0, 0.05) is 0 Å². The van der Waals surface area contributed by atoms with Crippen LogP contribution in [-0.4, -0.2) is 12.6 Å². The van der Waals surface area contributed by atoms with Crippen LogP contribution in [0.2, 0.25) is 0 Å². The fourth-order valence-corrected chi connectivity index (χ4v) is 1.60. The van der Waals surface area contributed by atoms with Crippen LogP contribution in [0.4, 0.5) is 23.7 Å². The Balaban J connectivity index is 1.91. The average Bonchev–Trinajstić information content (AvgIpc) is 2.49. The maximum Gasteiger partial charge on any atom is 0.320 e. The van der Waals surface area contributed by atoms with Gasteiger partial charge in [-0.2, -0.15) is 0 Å². The van der Waals surface area contributed by atoms with E-state index >= 15 is 0 Å². The van der Waals surface area contributed by atoms with Gasteiger partial charge in [-0.05, 0) is 24.3 Å². The highest BCUT2D eigenvalue weighted by Gasteiger charge is 2.10. The van der Waals surface area contributed by atoms with Crippen LogP contribution in [0, 0.1) is 29.3 Å². The number of anilines is 1. The van der Waals surface area contributed by atoms with Crippen molar-refractivity contribution in [3.8, 4) is 11.8 Å². The van der Waals surface area contributed by atoms with Crippen LogP contribution in [0.25, 0.3) is 0 Å². The van der Waals surface area contributed by atoms with Crippen molar-refractivity contribution in [2.24, 2.45) is 0 Å². The molecule has 6 heteroatoms. The van der Waals surface area contributed by atoms with E-state index in [-0.39, 0.29) is 12.1 Å². The van der Waals surface area contributed by atoms with Crippen LogP contribution >= 0.6 is 0 Å². The first-order valence-corrected chi connectivity index (χ1v) is 6.30. The molecule has 112 valence electrons. The number of carbonyl (C=O) groups excluding carboxylic acids is 1. The fourth-order valence-electron chi connectivity index (χ4n) is 1.60. The Hall–Kier alpha value is -2.94. The number of rotatable bonds is 2. The first kappa shape index (κ1) is 15.4. The van der Waals surface area contributed by atoms with E-state index in [9.17, 15) is 18.0 Å². The highest BCUT2D eigenvalue weighted by Crippen LogP contribution is 2.17. The minimum absolute atomic E-state index is 0.101. The Morgan fingerprint density at radius 1 is 0.955 bits per heavy atom. The minimum Gasteiger partial charge on any atom is -0.327 e. The number of nitrogens with one attached hydrogen (secondary N) is 2. The minimum atomic E-state index is -0.882. The Morgan fingerprint density at radius 2 is 1.59 bits per heavy atom. The molecule has 0 aliphatic carbocycles. The monoisotopic (exact) mass is 304 g/mol. The zero-order chi connectivity index (χ0) is 15.9. The molecular weight excluding hydrogens is 293 g/mol. The van der Waals surface area contributed by atoms with E-state index in [1.165, 1.54) is 24.3 Å². The molecular formula is C16H11F3N2O. The van der Waals surface area contributed by atoms with Gasteiger partial charge in [-0.3, -0.25) is 0 Å². The predicted molar refractivity (Wildman–Crippen MR) is 76.7 cm³/mol. The quantitative estimate of drug-likeness (QED) is 0.821. The normalized spacial score (nSPS) is 9.59. The lowest BCUT2D eigenvalue weighted by atomic mass is 10.2. The molecule has 0 atom stereocenters. The lowest BCUT2D eigenvalue weighted by Crippen LogP contribution is -2.29. The molecule has 0 saturated carbocycles. The second-order valence-corrected chi connectivity index (χ2v) is 4.19. The number of urea groups is 1. The van der Waals surface area contributed by atoms with Crippen molar-refractivity contribution >= 4 is 11.7 Å². The van der Waals surface area contributed by atoms with Gasteiger partial charge in [0.15, 0.2) is 0 Å². The molecule has 3 nitrogen and oxygen atoms in total. The fraction of sp³-hybridized carbons (Fsp3) is 0.0625. The maximum absolute atomic E-state index is 13.3. The van der Waals surface area contributed by atoms with Gasteiger partial charge in [0.2, 0.25) is 0 Å². The second-order valence-electron chi connectivity index (χ2n) is 4.19. The van der Waals surface area contributed by atoms with E-state index in [0.29, 0.717) is 0 Å². The Kier molecular flexibility index (Phi) is 5.04. The summed E-state index contributed by atoms with van der Waals surface area (Å²) in [5.74, 6) is 2.85. The maximum atomic E-state index is 13.3. The molecule has 0 aliphatic heterocycles. The Bertz CT molecular complexity index is 730. The summed E-state index contributed by atoms with van der Waals surface area (Å²) < 4.78 is 39.9. The summed E-state index contributed by atoms with van der Waals surface area (Å²) in [5, 5.41) is 4.34. The first-order valence-electron chi connectivity index (χ1n) is 6.30. The number of hydrogen-bond acceptors (Lipinski definition) is 1. The summed E-state index contributed by atoms with van der Waals surface area (Å²) in [6.07, 6.45) is 0. The highest BCUT2D eigenvalue weighted by molar-refractivity contribution is 5.89. The summed E-state index contributed by atoms with van der Waals surface area (Å²) in [7, 11) is 0. The van der Waals surface area contributed by atoms with Gasteiger partial charge >= 0.3 is 6.03 Å². The number of carbonyl (C=O) groups is 1. The van der Waals surface area contributed by atoms with Gasteiger partial charge < -0.3 is 10.6 Å². The third kappa shape index (κ3) is 4.03. The van der Waals surface area contributed by atoms with E-state index in [2.05, 4.69) is 17.2 Å². The first-order chi connectivity index (χ1) is 10.6. The molecule has 0 aliphatic rings. The molecule has 0 bridgehead atoms. The van der Waals surface area contributed by atoms with Crippen LogP contribution in [0.1, 0.15) is 5.56 Å². The molecule has 2 N–H and O–H groups in total. The van der Waals surface area contributed by atoms with Crippen LogP contribution in [0.15, 0.2) is 42.5 Å². The van der Waals surface area contributed by atoms with Gasteiger partial charge in [0.05, 0.1) is 12.1 Å². The van der Waals surface area contributed by atoms with E-state index in [1.54, 1.807) is 6.07 Å². The highest BCUT2D eigenvalue weighted by atomic mass is 19.1. The molecule has 0 fully saturated rings. The van der Waals surface area contributed by atoms with E-state index < -0.39 is 29.2 Å². The largest absolute Gasteiger partial charge is 0.327 e. The van der Waals surface area contributed by atoms with E-state index in [4.69, 9.17) is 0 Å². The molecule has 0 radical (unpaired) electrons. The van der Waals surface area contributed by atoms with Gasteiger partial charge in [-0.1, -0.05) is 30.0 Å². The summed E-state index contributed by atoms with van der Waals surface area (Å²) in [6.45, 7) is -0.101. The van der Waals surface area contributed by atoms with Crippen molar-refractivity contribution in [2.45, 2.75) is 0 Å². The molecule has 0 unspecified atom stereocenters. The van der Waals surface area contributed by atoms with Crippen molar-refractivity contribution in [1.82, 2.24) is 5.32 Å².